The highest BCUT2D eigenvalue weighted by atomic mass is 16.3. The molecular formula is C15H22N2O2. The van der Waals surface area contributed by atoms with Crippen LogP contribution in [0.15, 0.2) is 30.3 Å². The van der Waals surface area contributed by atoms with Gasteiger partial charge in [-0.25, -0.2) is 0 Å². The van der Waals surface area contributed by atoms with E-state index in [4.69, 9.17) is 0 Å². The van der Waals surface area contributed by atoms with E-state index in [-0.39, 0.29) is 24.0 Å². The fraction of sp³-hybridized carbons (Fsp3) is 0.533. The lowest BCUT2D eigenvalue weighted by atomic mass is 9.88. The third-order valence-electron chi connectivity index (χ3n) is 3.80. The van der Waals surface area contributed by atoms with Gasteiger partial charge in [0.2, 0.25) is 5.91 Å². The number of carbonyl (C=O) groups excluding carboxylic acids is 1. The van der Waals surface area contributed by atoms with Gasteiger partial charge < -0.3 is 15.7 Å². The zero-order chi connectivity index (χ0) is 13.7. The van der Waals surface area contributed by atoms with Crippen LogP contribution in [0.1, 0.15) is 18.9 Å². The first-order valence-corrected chi connectivity index (χ1v) is 6.80. The molecule has 0 spiro atoms. The number of nitrogens with one attached hydrogen (secondary N) is 2. The second kappa shape index (κ2) is 6.17. The monoisotopic (exact) mass is 262 g/mol. The van der Waals surface area contributed by atoms with Crippen LogP contribution in [0.4, 0.5) is 0 Å². The topological polar surface area (TPSA) is 61.4 Å². The second-order valence-corrected chi connectivity index (χ2v) is 5.53. The summed E-state index contributed by atoms with van der Waals surface area (Å²) in [6.45, 7) is 3.53. The van der Waals surface area contributed by atoms with Crippen LogP contribution in [0.5, 0.6) is 0 Å². The minimum absolute atomic E-state index is 0.0347. The number of amides is 1. The molecule has 1 fully saturated rings. The van der Waals surface area contributed by atoms with Crippen LogP contribution >= 0.6 is 0 Å². The maximum absolute atomic E-state index is 12.3. The van der Waals surface area contributed by atoms with Gasteiger partial charge in [-0.15, -0.1) is 0 Å². The lowest BCUT2D eigenvalue weighted by molar-refractivity contribution is -0.130. The molecule has 2 atom stereocenters. The lowest BCUT2D eigenvalue weighted by Crippen LogP contribution is -2.47. The molecule has 0 radical (unpaired) electrons. The van der Waals surface area contributed by atoms with Crippen LogP contribution in [0.25, 0.3) is 0 Å². The molecule has 0 aliphatic carbocycles. The summed E-state index contributed by atoms with van der Waals surface area (Å²) in [5.41, 5.74) is 0.779. The largest absolute Gasteiger partial charge is 0.394 e. The van der Waals surface area contributed by atoms with Gasteiger partial charge in [-0.3, -0.25) is 4.79 Å². The van der Waals surface area contributed by atoms with Crippen molar-refractivity contribution < 1.29 is 9.90 Å². The fourth-order valence-corrected chi connectivity index (χ4v) is 2.43. The van der Waals surface area contributed by atoms with Crippen molar-refractivity contribution >= 4 is 5.91 Å². The lowest BCUT2D eigenvalue weighted by Gasteiger charge is -2.25. The summed E-state index contributed by atoms with van der Waals surface area (Å²) in [4.78, 5) is 12.3. The van der Waals surface area contributed by atoms with Crippen LogP contribution in [0, 0.1) is 5.41 Å². The molecule has 1 saturated heterocycles. The van der Waals surface area contributed by atoms with Gasteiger partial charge >= 0.3 is 0 Å². The molecule has 1 amide bonds. The van der Waals surface area contributed by atoms with Crippen LogP contribution in [-0.2, 0) is 11.2 Å². The average Bonchev–Trinajstić information content (AvgIpc) is 2.87. The molecule has 1 aliphatic rings. The number of aliphatic hydroxyl groups excluding tert-OH is 1. The maximum Gasteiger partial charge on any atom is 0.227 e. The smallest absolute Gasteiger partial charge is 0.227 e. The van der Waals surface area contributed by atoms with Crippen LogP contribution in [0.2, 0.25) is 0 Å². The van der Waals surface area contributed by atoms with Gasteiger partial charge in [0.25, 0.3) is 0 Å². The molecule has 19 heavy (non-hydrogen) atoms. The van der Waals surface area contributed by atoms with Crippen LogP contribution in [-0.4, -0.2) is 36.8 Å². The van der Waals surface area contributed by atoms with E-state index < -0.39 is 0 Å². The first kappa shape index (κ1) is 14.0. The van der Waals surface area contributed by atoms with Crippen molar-refractivity contribution in [1.29, 1.82) is 0 Å². The first-order chi connectivity index (χ1) is 9.14. The van der Waals surface area contributed by atoms with E-state index in [9.17, 15) is 9.90 Å². The molecule has 4 heteroatoms. The van der Waals surface area contributed by atoms with Gasteiger partial charge in [0.15, 0.2) is 0 Å². The Morgan fingerprint density at radius 1 is 1.47 bits per heavy atom. The summed E-state index contributed by atoms with van der Waals surface area (Å²) < 4.78 is 0. The summed E-state index contributed by atoms with van der Waals surface area (Å²) in [5, 5.41) is 15.6. The van der Waals surface area contributed by atoms with Gasteiger partial charge in [-0.05, 0) is 31.9 Å². The zero-order valence-electron chi connectivity index (χ0n) is 11.4. The van der Waals surface area contributed by atoms with Crippen molar-refractivity contribution in [1.82, 2.24) is 10.6 Å². The summed E-state index contributed by atoms with van der Waals surface area (Å²) >= 11 is 0. The van der Waals surface area contributed by atoms with Gasteiger partial charge in [-0.2, -0.15) is 0 Å². The van der Waals surface area contributed by atoms with E-state index in [1.807, 2.05) is 37.3 Å². The van der Waals surface area contributed by atoms with Crippen molar-refractivity contribution in [3.8, 4) is 0 Å². The van der Waals surface area contributed by atoms with Crippen molar-refractivity contribution in [3.05, 3.63) is 35.9 Å². The third-order valence-corrected chi connectivity index (χ3v) is 3.80. The Hall–Kier alpha value is -1.39. The Balaban J connectivity index is 1.94. The molecule has 0 bridgehead atoms. The third kappa shape index (κ3) is 3.55. The molecule has 0 aromatic heterocycles. The van der Waals surface area contributed by atoms with E-state index in [0.717, 1.165) is 18.5 Å². The van der Waals surface area contributed by atoms with Gasteiger partial charge in [0.1, 0.15) is 0 Å². The quantitative estimate of drug-likeness (QED) is 0.732. The normalized spacial score (nSPS) is 24.1. The highest BCUT2D eigenvalue weighted by Gasteiger charge is 2.36. The Kier molecular flexibility index (Phi) is 4.56. The number of hydrogen-bond acceptors (Lipinski definition) is 3. The Bertz CT molecular complexity index is 413. The molecule has 3 N–H and O–H groups in total. The van der Waals surface area contributed by atoms with Crippen molar-refractivity contribution in [2.75, 3.05) is 19.7 Å². The SMILES string of the molecule is CC1(C(=O)N[C@@H](CO)Cc2ccccc2)CCNC1. The van der Waals surface area contributed by atoms with Gasteiger partial charge in [0.05, 0.1) is 18.1 Å². The number of benzene rings is 1. The van der Waals surface area contributed by atoms with Gasteiger partial charge in [0, 0.05) is 6.54 Å². The number of hydrogen-bond donors (Lipinski definition) is 3. The van der Waals surface area contributed by atoms with Crippen molar-refractivity contribution in [3.63, 3.8) is 0 Å². The molecule has 1 unspecified atom stereocenters. The predicted octanol–water partition coefficient (Wildman–Crippen LogP) is 0.706. The van der Waals surface area contributed by atoms with E-state index in [2.05, 4.69) is 10.6 Å². The van der Waals surface area contributed by atoms with Crippen molar-refractivity contribution in [2.24, 2.45) is 5.41 Å². The molecule has 1 aliphatic heterocycles. The molecule has 1 aromatic carbocycles. The molecule has 4 nitrogen and oxygen atoms in total. The minimum atomic E-state index is -0.343. The van der Waals surface area contributed by atoms with Gasteiger partial charge in [-0.1, -0.05) is 30.3 Å². The fourth-order valence-electron chi connectivity index (χ4n) is 2.43. The summed E-state index contributed by atoms with van der Waals surface area (Å²) in [6, 6.07) is 9.69. The van der Waals surface area contributed by atoms with E-state index in [1.165, 1.54) is 0 Å². The summed E-state index contributed by atoms with van der Waals surface area (Å²) in [5.74, 6) is 0.0347. The second-order valence-electron chi connectivity index (χ2n) is 5.53. The van der Waals surface area contributed by atoms with E-state index in [1.54, 1.807) is 0 Å². The highest BCUT2D eigenvalue weighted by molar-refractivity contribution is 5.83. The molecule has 2 rings (SSSR count). The Morgan fingerprint density at radius 3 is 2.79 bits per heavy atom. The molecule has 0 saturated carbocycles. The standard InChI is InChI=1S/C15H22N2O2/c1-15(7-8-16-11-15)14(19)17-13(10-18)9-12-5-3-2-4-6-12/h2-6,13,16,18H,7-11H2,1H3,(H,17,19)/t13-,15?/m1/s1. The summed E-state index contributed by atoms with van der Waals surface area (Å²) in [6.07, 6.45) is 1.51. The number of aliphatic hydroxyl groups is 1. The minimum Gasteiger partial charge on any atom is -0.394 e. The number of carbonyl (C=O) groups is 1. The highest BCUT2D eigenvalue weighted by Crippen LogP contribution is 2.24. The van der Waals surface area contributed by atoms with Crippen LogP contribution in [0.3, 0.4) is 0 Å². The first-order valence-electron chi connectivity index (χ1n) is 6.80. The predicted molar refractivity (Wildman–Crippen MR) is 74.8 cm³/mol. The number of rotatable bonds is 5. The molecule has 1 heterocycles. The van der Waals surface area contributed by atoms with E-state index in [0.29, 0.717) is 13.0 Å². The summed E-state index contributed by atoms with van der Waals surface area (Å²) in [7, 11) is 0. The van der Waals surface area contributed by atoms with Crippen molar-refractivity contribution in [2.45, 2.75) is 25.8 Å². The zero-order valence-corrected chi connectivity index (χ0v) is 11.4. The molecule has 1 aromatic rings. The molecular weight excluding hydrogens is 240 g/mol. The molecule has 104 valence electrons. The van der Waals surface area contributed by atoms with E-state index >= 15 is 0 Å². The maximum atomic E-state index is 12.3. The average molecular weight is 262 g/mol. The van der Waals surface area contributed by atoms with Crippen LogP contribution < -0.4 is 10.6 Å². The Labute approximate surface area is 114 Å². The Morgan fingerprint density at radius 2 is 2.21 bits per heavy atom.